The van der Waals surface area contributed by atoms with Crippen molar-refractivity contribution in [1.82, 2.24) is 15.1 Å². The normalized spacial score (nSPS) is 14.4. The number of carbonyl (C=O) groups excluding carboxylic acids is 1. The van der Waals surface area contributed by atoms with Crippen LogP contribution in [0, 0.1) is 0 Å². The summed E-state index contributed by atoms with van der Waals surface area (Å²) in [6.45, 7) is -0.0500. The molecule has 0 spiro atoms. The van der Waals surface area contributed by atoms with Gasteiger partial charge in [0.15, 0.2) is 5.69 Å². The number of halogens is 3. The third-order valence-electron chi connectivity index (χ3n) is 2.13. The lowest BCUT2D eigenvalue weighted by atomic mass is 10.1. The predicted octanol–water partition coefficient (Wildman–Crippen LogP) is 0.532. The maximum absolute atomic E-state index is 12.7. The zero-order valence-corrected chi connectivity index (χ0v) is 7.88. The minimum absolute atomic E-state index is 0.0500. The fourth-order valence-electron chi connectivity index (χ4n) is 1.51. The molecular formula is C8H7F3N4O. The molecule has 0 saturated carbocycles. The summed E-state index contributed by atoms with van der Waals surface area (Å²) in [6, 6.07) is 0. The predicted molar refractivity (Wildman–Crippen MR) is 47.9 cm³/mol. The number of amides is 1. The monoisotopic (exact) mass is 232 g/mol. The van der Waals surface area contributed by atoms with Crippen LogP contribution in [0.5, 0.6) is 0 Å². The lowest BCUT2D eigenvalue weighted by molar-refractivity contribution is -0.138. The number of alkyl halides is 3. The van der Waals surface area contributed by atoms with Crippen molar-refractivity contribution in [2.75, 3.05) is 0 Å². The molecule has 1 aromatic rings. The highest BCUT2D eigenvalue weighted by atomic mass is 19.4. The summed E-state index contributed by atoms with van der Waals surface area (Å²) in [6.07, 6.45) is -1.92. The molecule has 0 saturated heterocycles. The van der Waals surface area contributed by atoms with Crippen molar-refractivity contribution in [2.45, 2.75) is 12.7 Å². The van der Waals surface area contributed by atoms with Gasteiger partial charge in [0, 0.05) is 12.4 Å². The van der Waals surface area contributed by atoms with Gasteiger partial charge in [-0.3, -0.25) is 4.79 Å². The van der Waals surface area contributed by atoms with E-state index < -0.39 is 23.3 Å². The Bertz CT molecular complexity index is 474. The maximum atomic E-state index is 12.7. The van der Waals surface area contributed by atoms with Crippen LogP contribution in [-0.4, -0.2) is 15.7 Å². The number of rotatable bonds is 1. The second-order valence-corrected chi connectivity index (χ2v) is 3.17. The van der Waals surface area contributed by atoms with Crippen molar-refractivity contribution in [1.29, 1.82) is 0 Å². The van der Waals surface area contributed by atoms with Gasteiger partial charge in [-0.15, -0.1) is 0 Å². The number of fused-ring (bicyclic) bond motifs is 1. The summed E-state index contributed by atoms with van der Waals surface area (Å²) in [7, 11) is 0. The topological polar surface area (TPSA) is 72.9 Å². The molecule has 3 N–H and O–H groups in total. The lowest BCUT2D eigenvalue weighted by Crippen LogP contribution is -2.21. The first-order valence-corrected chi connectivity index (χ1v) is 4.29. The summed E-state index contributed by atoms with van der Waals surface area (Å²) >= 11 is 0. The molecule has 0 bridgehead atoms. The second-order valence-electron chi connectivity index (χ2n) is 3.17. The number of nitrogens with zero attached hydrogens (tertiary/aromatic N) is 2. The van der Waals surface area contributed by atoms with E-state index in [1.54, 1.807) is 0 Å². The van der Waals surface area contributed by atoms with Crippen LogP contribution < -0.4 is 11.1 Å². The third-order valence-corrected chi connectivity index (χ3v) is 2.13. The zero-order chi connectivity index (χ0) is 11.9. The molecule has 1 amide bonds. The molecule has 1 aromatic heterocycles. The van der Waals surface area contributed by atoms with Crippen LogP contribution in [0.4, 0.5) is 13.2 Å². The van der Waals surface area contributed by atoms with E-state index >= 15 is 0 Å². The van der Waals surface area contributed by atoms with Crippen molar-refractivity contribution in [3.8, 4) is 0 Å². The minimum Gasteiger partial charge on any atom is -0.384 e. The minimum atomic E-state index is -4.65. The largest absolute Gasteiger partial charge is 0.420 e. The second kappa shape index (κ2) is 3.26. The highest BCUT2D eigenvalue weighted by Gasteiger charge is 2.41. The molecule has 0 aliphatic carbocycles. The van der Waals surface area contributed by atoms with E-state index in [1.807, 2.05) is 0 Å². The highest BCUT2D eigenvalue weighted by Crippen LogP contribution is 2.35. The van der Waals surface area contributed by atoms with Crippen LogP contribution in [0.25, 0.3) is 6.20 Å². The average Bonchev–Trinajstić information content (AvgIpc) is 2.55. The van der Waals surface area contributed by atoms with Crippen molar-refractivity contribution in [3.05, 3.63) is 23.2 Å². The molecule has 8 heteroatoms. The molecule has 5 nitrogen and oxygen atoms in total. The number of carbonyl (C=O) groups is 1. The van der Waals surface area contributed by atoms with Crippen molar-refractivity contribution >= 4 is 12.1 Å². The van der Waals surface area contributed by atoms with Gasteiger partial charge >= 0.3 is 6.18 Å². The molecule has 2 rings (SSSR count). The Balaban J connectivity index is 2.68. The lowest BCUT2D eigenvalue weighted by Gasteiger charge is -2.12. The van der Waals surface area contributed by atoms with E-state index in [0.29, 0.717) is 0 Å². The Labute approximate surface area is 87.7 Å². The van der Waals surface area contributed by atoms with Gasteiger partial charge in [-0.1, -0.05) is 0 Å². The summed E-state index contributed by atoms with van der Waals surface area (Å²) in [5.74, 6) is -1.19. The van der Waals surface area contributed by atoms with Crippen LogP contribution in [0.1, 0.15) is 21.7 Å². The first-order chi connectivity index (χ1) is 7.41. The van der Waals surface area contributed by atoms with E-state index in [9.17, 15) is 18.0 Å². The summed E-state index contributed by atoms with van der Waals surface area (Å²) in [5.41, 5.74) is 2.92. The van der Waals surface area contributed by atoms with Gasteiger partial charge in [0.2, 0.25) is 0 Å². The van der Waals surface area contributed by atoms with Gasteiger partial charge < -0.3 is 11.1 Å². The highest BCUT2D eigenvalue weighted by molar-refractivity contribution is 5.93. The van der Waals surface area contributed by atoms with Crippen molar-refractivity contribution < 1.29 is 18.0 Å². The Morgan fingerprint density at radius 2 is 2.25 bits per heavy atom. The van der Waals surface area contributed by atoms with Crippen LogP contribution in [-0.2, 0) is 12.7 Å². The molecular weight excluding hydrogens is 225 g/mol. The number of aromatic nitrogens is 2. The quantitative estimate of drug-likeness (QED) is 0.741. The maximum Gasteiger partial charge on any atom is 0.420 e. The van der Waals surface area contributed by atoms with Gasteiger partial charge in [-0.25, -0.2) is 4.68 Å². The average molecular weight is 232 g/mol. The number of primary amides is 1. The fraction of sp³-hybridized carbons (Fsp3) is 0.250. The van der Waals surface area contributed by atoms with Crippen LogP contribution >= 0.6 is 0 Å². The van der Waals surface area contributed by atoms with E-state index in [0.717, 1.165) is 4.68 Å². The summed E-state index contributed by atoms with van der Waals surface area (Å²) in [5, 5.41) is 6.12. The van der Waals surface area contributed by atoms with Gasteiger partial charge in [0.05, 0.1) is 12.2 Å². The third kappa shape index (κ3) is 1.51. The molecule has 0 aromatic carbocycles. The number of nitrogens with two attached hydrogens (primary N) is 1. The number of hydrogen-bond donors (Lipinski definition) is 2. The van der Waals surface area contributed by atoms with E-state index in [4.69, 9.17) is 5.73 Å². The molecule has 0 atom stereocenters. The molecule has 1 aliphatic rings. The molecule has 2 heterocycles. The molecule has 0 unspecified atom stereocenters. The number of hydrogen-bond acceptors (Lipinski definition) is 3. The first-order valence-electron chi connectivity index (χ1n) is 4.29. The van der Waals surface area contributed by atoms with Crippen molar-refractivity contribution in [2.24, 2.45) is 5.73 Å². The summed E-state index contributed by atoms with van der Waals surface area (Å²) in [4.78, 5) is 10.9. The number of nitrogens with one attached hydrogen (secondary N) is 1. The van der Waals surface area contributed by atoms with E-state index in [-0.39, 0.29) is 12.2 Å². The molecule has 86 valence electrons. The smallest absolute Gasteiger partial charge is 0.384 e. The standard InChI is InChI=1S/C8H7F3N4O/c9-8(10,11)5-4-3-13-1-2-15(4)14-6(5)7(12)16/h1-2,13H,3H2,(H2,12,16). The Morgan fingerprint density at radius 3 is 2.81 bits per heavy atom. The summed E-state index contributed by atoms with van der Waals surface area (Å²) < 4.78 is 39.2. The van der Waals surface area contributed by atoms with Gasteiger partial charge in [0.1, 0.15) is 5.56 Å². The SMILES string of the molecule is NC(=O)c1nn2c(c1C(F)(F)F)CNC=C2. The molecule has 0 radical (unpaired) electrons. The zero-order valence-electron chi connectivity index (χ0n) is 7.88. The molecule has 1 aliphatic heterocycles. The van der Waals surface area contributed by atoms with Crippen LogP contribution in [0.15, 0.2) is 6.20 Å². The fourth-order valence-corrected chi connectivity index (χ4v) is 1.51. The Hall–Kier alpha value is -1.99. The van der Waals surface area contributed by atoms with E-state index in [1.165, 1.54) is 12.4 Å². The van der Waals surface area contributed by atoms with Crippen molar-refractivity contribution in [3.63, 3.8) is 0 Å². The van der Waals surface area contributed by atoms with Crippen LogP contribution in [0.2, 0.25) is 0 Å². The van der Waals surface area contributed by atoms with Gasteiger partial charge in [-0.05, 0) is 0 Å². The molecule has 0 fully saturated rings. The Kier molecular flexibility index (Phi) is 2.14. The Morgan fingerprint density at radius 1 is 1.56 bits per heavy atom. The first kappa shape index (κ1) is 10.5. The molecule has 16 heavy (non-hydrogen) atoms. The van der Waals surface area contributed by atoms with Gasteiger partial charge in [0.25, 0.3) is 5.91 Å². The van der Waals surface area contributed by atoms with E-state index in [2.05, 4.69) is 10.4 Å². The van der Waals surface area contributed by atoms with Crippen LogP contribution in [0.3, 0.4) is 0 Å². The van der Waals surface area contributed by atoms with Gasteiger partial charge in [-0.2, -0.15) is 18.3 Å².